The van der Waals surface area contributed by atoms with E-state index in [-0.39, 0.29) is 18.9 Å². The second kappa shape index (κ2) is 7.83. The average molecular weight is 347 g/mol. The SMILES string of the molecule is Cc1ccc(Cl)cc1N(CCC(=O)NCC(C)C)S(C)(=O)=O. The van der Waals surface area contributed by atoms with Gasteiger partial charge in [0.05, 0.1) is 11.9 Å². The van der Waals surface area contributed by atoms with E-state index in [1.165, 1.54) is 4.31 Å². The van der Waals surface area contributed by atoms with E-state index >= 15 is 0 Å². The van der Waals surface area contributed by atoms with Gasteiger partial charge in [-0.15, -0.1) is 0 Å². The molecule has 5 nitrogen and oxygen atoms in total. The van der Waals surface area contributed by atoms with Gasteiger partial charge in [-0.3, -0.25) is 9.10 Å². The fourth-order valence-corrected chi connectivity index (χ4v) is 3.07. The van der Waals surface area contributed by atoms with Crippen LogP contribution in [0.1, 0.15) is 25.8 Å². The second-order valence-electron chi connectivity index (χ2n) is 5.71. The summed E-state index contributed by atoms with van der Waals surface area (Å²) in [6, 6.07) is 5.06. The molecule has 1 aromatic rings. The van der Waals surface area contributed by atoms with Gasteiger partial charge in [0.15, 0.2) is 0 Å². The number of carbonyl (C=O) groups is 1. The number of benzene rings is 1. The van der Waals surface area contributed by atoms with E-state index in [1.54, 1.807) is 18.2 Å². The molecule has 0 aliphatic heterocycles. The summed E-state index contributed by atoms with van der Waals surface area (Å²) in [5.41, 5.74) is 1.30. The van der Waals surface area contributed by atoms with Crippen LogP contribution in [-0.2, 0) is 14.8 Å². The standard InChI is InChI=1S/C15H23ClN2O3S/c1-11(2)10-17-15(19)7-8-18(22(4,20)21)14-9-13(16)6-5-12(14)3/h5-6,9,11H,7-8,10H2,1-4H3,(H,17,19). The van der Waals surface area contributed by atoms with Gasteiger partial charge in [-0.05, 0) is 30.5 Å². The molecule has 0 unspecified atom stereocenters. The van der Waals surface area contributed by atoms with Gasteiger partial charge < -0.3 is 5.32 Å². The van der Waals surface area contributed by atoms with Crippen molar-refractivity contribution >= 4 is 33.2 Å². The highest BCUT2D eigenvalue weighted by molar-refractivity contribution is 7.92. The molecule has 0 aromatic heterocycles. The van der Waals surface area contributed by atoms with E-state index in [9.17, 15) is 13.2 Å². The first-order valence-electron chi connectivity index (χ1n) is 7.12. The Hall–Kier alpha value is -1.27. The third-order valence-electron chi connectivity index (χ3n) is 3.09. The fourth-order valence-electron chi connectivity index (χ4n) is 1.93. The van der Waals surface area contributed by atoms with Crippen molar-refractivity contribution in [1.82, 2.24) is 5.32 Å². The average Bonchev–Trinajstić information content (AvgIpc) is 2.39. The molecule has 1 amide bonds. The molecule has 124 valence electrons. The van der Waals surface area contributed by atoms with Gasteiger partial charge in [0, 0.05) is 24.5 Å². The van der Waals surface area contributed by atoms with E-state index in [0.717, 1.165) is 11.8 Å². The molecule has 0 heterocycles. The zero-order valence-corrected chi connectivity index (χ0v) is 15.0. The molecule has 0 aliphatic carbocycles. The van der Waals surface area contributed by atoms with Crippen LogP contribution in [0.2, 0.25) is 5.02 Å². The molecule has 0 fully saturated rings. The maximum Gasteiger partial charge on any atom is 0.232 e. The Kier molecular flexibility index (Phi) is 6.68. The number of nitrogens with one attached hydrogen (secondary N) is 1. The number of hydrogen-bond donors (Lipinski definition) is 1. The summed E-state index contributed by atoms with van der Waals surface area (Å²) < 4.78 is 25.3. The number of nitrogens with zero attached hydrogens (tertiary/aromatic N) is 1. The molecule has 1 aromatic carbocycles. The smallest absolute Gasteiger partial charge is 0.232 e. The Bertz CT molecular complexity index is 630. The highest BCUT2D eigenvalue weighted by Crippen LogP contribution is 2.26. The topological polar surface area (TPSA) is 66.5 Å². The molecule has 0 atom stereocenters. The van der Waals surface area contributed by atoms with Crippen molar-refractivity contribution < 1.29 is 13.2 Å². The monoisotopic (exact) mass is 346 g/mol. The fraction of sp³-hybridized carbons (Fsp3) is 0.533. The van der Waals surface area contributed by atoms with Crippen LogP contribution in [-0.4, -0.2) is 33.7 Å². The minimum atomic E-state index is -3.49. The summed E-state index contributed by atoms with van der Waals surface area (Å²) in [6.45, 7) is 6.47. The second-order valence-corrected chi connectivity index (χ2v) is 8.06. The minimum absolute atomic E-state index is 0.0872. The highest BCUT2D eigenvalue weighted by atomic mass is 35.5. The van der Waals surface area contributed by atoms with E-state index in [1.807, 2.05) is 20.8 Å². The number of amides is 1. The predicted molar refractivity (Wildman–Crippen MR) is 90.8 cm³/mol. The molecule has 22 heavy (non-hydrogen) atoms. The number of carbonyl (C=O) groups excluding carboxylic acids is 1. The highest BCUT2D eigenvalue weighted by Gasteiger charge is 2.20. The lowest BCUT2D eigenvalue weighted by atomic mass is 10.2. The van der Waals surface area contributed by atoms with E-state index in [4.69, 9.17) is 11.6 Å². The quantitative estimate of drug-likeness (QED) is 0.825. The van der Waals surface area contributed by atoms with Crippen LogP contribution in [0.15, 0.2) is 18.2 Å². The normalized spacial score (nSPS) is 11.5. The molecule has 1 N–H and O–H groups in total. The molecule has 0 bridgehead atoms. The van der Waals surface area contributed by atoms with Crippen molar-refractivity contribution in [2.24, 2.45) is 5.92 Å². The zero-order valence-electron chi connectivity index (χ0n) is 13.4. The Morgan fingerprint density at radius 1 is 1.36 bits per heavy atom. The number of halogens is 1. The van der Waals surface area contributed by atoms with Crippen LogP contribution in [0.3, 0.4) is 0 Å². The van der Waals surface area contributed by atoms with Gasteiger partial charge in [0.2, 0.25) is 15.9 Å². The largest absolute Gasteiger partial charge is 0.356 e. The van der Waals surface area contributed by atoms with Gasteiger partial charge in [0.1, 0.15) is 0 Å². The first kappa shape index (κ1) is 18.8. The molecule has 1 rings (SSSR count). The predicted octanol–water partition coefficient (Wildman–Crippen LogP) is 2.58. The Morgan fingerprint density at radius 3 is 2.55 bits per heavy atom. The lowest BCUT2D eigenvalue weighted by Crippen LogP contribution is -2.35. The molecule has 0 saturated carbocycles. The van der Waals surface area contributed by atoms with E-state index in [2.05, 4.69) is 5.32 Å². The van der Waals surface area contributed by atoms with E-state index in [0.29, 0.717) is 23.2 Å². The summed E-state index contributed by atoms with van der Waals surface area (Å²) in [6.07, 6.45) is 1.23. The summed E-state index contributed by atoms with van der Waals surface area (Å²) >= 11 is 5.96. The van der Waals surface area contributed by atoms with Gasteiger partial charge in [-0.25, -0.2) is 8.42 Å². The molecule has 7 heteroatoms. The van der Waals surface area contributed by atoms with Crippen molar-refractivity contribution in [3.05, 3.63) is 28.8 Å². The number of aryl methyl sites for hydroxylation is 1. The van der Waals surface area contributed by atoms with Crippen molar-refractivity contribution in [1.29, 1.82) is 0 Å². The van der Waals surface area contributed by atoms with Gasteiger partial charge in [-0.1, -0.05) is 31.5 Å². The first-order chi connectivity index (χ1) is 10.1. The molecule has 0 radical (unpaired) electrons. The van der Waals surface area contributed by atoms with Crippen LogP contribution in [0.4, 0.5) is 5.69 Å². The van der Waals surface area contributed by atoms with Crippen molar-refractivity contribution in [3.8, 4) is 0 Å². The summed E-state index contributed by atoms with van der Waals surface area (Å²) in [5.74, 6) is 0.187. The van der Waals surface area contributed by atoms with E-state index < -0.39 is 10.0 Å². The zero-order chi connectivity index (χ0) is 16.9. The minimum Gasteiger partial charge on any atom is -0.356 e. The van der Waals surface area contributed by atoms with Crippen LogP contribution in [0, 0.1) is 12.8 Å². The first-order valence-corrected chi connectivity index (χ1v) is 9.34. The van der Waals surface area contributed by atoms with Crippen molar-refractivity contribution in [3.63, 3.8) is 0 Å². The maximum atomic E-state index is 12.0. The molecule has 0 saturated heterocycles. The third kappa shape index (κ3) is 5.85. The number of hydrogen-bond acceptors (Lipinski definition) is 3. The maximum absolute atomic E-state index is 12.0. The van der Waals surface area contributed by atoms with Crippen molar-refractivity contribution in [2.75, 3.05) is 23.7 Å². The third-order valence-corrected chi connectivity index (χ3v) is 4.50. The number of sulfonamides is 1. The number of anilines is 1. The Morgan fingerprint density at radius 2 is 2.00 bits per heavy atom. The van der Waals surface area contributed by atoms with Gasteiger partial charge in [0.25, 0.3) is 0 Å². The van der Waals surface area contributed by atoms with Crippen LogP contribution in [0.5, 0.6) is 0 Å². The summed E-state index contributed by atoms with van der Waals surface area (Å²) in [4.78, 5) is 11.8. The Labute approximate surface area is 137 Å². The van der Waals surface area contributed by atoms with Crippen molar-refractivity contribution in [2.45, 2.75) is 27.2 Å². The Balaban J connectivity index is 2.88. The van der Waals surface area contributed by atoms with Crippen LogP contribution < -0.4 is 9.62 Å². The van der Waals surface area contributed by atoms with Gasteiger partial charge in [-0.2, -0.15) is 0 Å². The van der Waals surface area contributed by atoms with Crippen LogP contribution in [0.25, 0.3) is 0 Å². The molecule has 0 spiro atoms. The lowest BCUT2D eigenvalue weighted by Gasteiger charge is -2.24. The van der Waals surface area contributed by atoms with Gasteiger partial charge >= 0.3 is 0 Å². The summed E-state index contributed by atoms with van der Waals surface area (Å²) in [7, 11) is -3.49. The number of rotatable bonds is 7. The van der Waals surface area contributed by atoms with Crippen LogP contribution >= 0.6 is 11.6 Å². The summed E-state index contributed by atoms with van der Waals surface area (Å²) in [5, 5.41) is 3.24. The lowest BCUT2D eigenvalue weighted by molar-refractivity contribution is -0.121. The molecule has 0 aliphatic rings. The molecular weight excluding hydrogens is 324 g/mol. The molecular formula is C15H23ClN2O3S.